The summed E-state index contributed by atoms with van der Waals surface area (Å²) in [5.74, 6) is 0. The van der Waals surface area contributed by atoms with Crippen molar-refractivity contribution in [3.05, 3.63) is 12.3 Å². The number of nitrogens with zero attached hydrogens (tertiary/aromatic N) is 2. The molecule has 0 radical (unpaired) electrons. The highest BCUT2D eigenvalue weighted by molar-refractivity contribution is 5.52. The Kier molecular flexibility index (Phi) is 5.47. The van der Waals surface area contributed by atoms with E-state index in [-0.39, 0.29) is 0 Å². The fraction of sp³-hybridized carbons (Fsp3) is 0.625. The largest absolute Gasteiger partial charge is 0.301 e. The van der Waals surface area contributed by atoms with Gasteiger partial charge in [-0.15, -0.1) is 0 Å². The first-order chi connectivity index (χ1) is 5.26. The zero-order chi connectivity index (χ0) is 8.69. The molecule has 3 heteroatoms. The van der Waals surface area contributed by atoms with Gasteiger partial charge in [0.2, 0.25) is 0 Å². The third-order valence-electron chi connectivity index (χ3n) is 1.34. The summed E-state index contributed by atoms with van der Waals surface area (Å²) in [6.45, 7) is 8.56. The third kappa shape index (κ3) is 3.78. The molecule has 64 valence electrons. The smallest absolute Gasteiger partial charge is 0.0904 e. The summed E-state index contributed by atoms with van der Waals surface area (Å²) < 4.78 is 0. The topological polar surface area (TPSA) is 27.6 Å². The van der Waals surface area contributed by atoms with Crippen LogP contribution in [-0.4, -0.2) is 24.9 Å². The Hall–Kier alpha value is -0.830. The maximum absolute atomic E-state index is 4.13. The highest BCUT2D eigenvalue weighted by Gasteiger charge is 1.99. The minimum absolute atomic E-state index is 0.719. The van der Waals surface area contributed by atoms with Crippen LogP contribution in [0.25, 0.3) is 0 Å². The molecular weight excluding hydrogens is 138 g/mol. The predicted octanol–water partition coefficient (Wildman–Crippen LogP) is 1.39. The maximum atomic E-state index is 4.13. The van der Waals surface area contributed by atoms with Crippen molar-refractivity contribution in [3.63, 3.8) is 0 Å². The summed E-state index contributed by atoms with van der Waals surface area (Å²) in [7, 11) is 1.89. The second kappa shape index (κ2) is 5.92. The van der Waals surface area contributed by atoms with Crippen LogP contribution in [0.1, 0.15) is 20.3 Å². The molecule has 1 N–H and O–H groups in total. The highest BCUT2D eigenvalue weighted by Crippen LogP contribution is 2.03. The Morgan fingerprint density at radius 3 is 2.73 bits per heavy atom. The van der Waals surface area contributed by atoms with Crippen LogP contribution in [0.15, 0.2) is 17.4 Å². The molecule has 0 spiro atoms. The van der Waals surface area contributed by atoms with Crippen molar-refractivity contribution >= 4 is 6.21 Å². The van der Waals surface area contributed by atoms with E-state index in [9.17, 15) is 0 Å². The van der Waals surface area contributed by atoms with Gasteiger partial charge in [-0.2, -0.15) is 5.10 Å². The molecule has 0 bridgehead atoms. The molecule has 3 nitrogen and oxygen atoms in total. The second-order valence-corrected chi connectivity index (χ2v) is 2.20. The molecule has 0 fully saturated rings. The number of allylic oxidation sites excluding steroid dienone is 1. The van der Waals surface area contributed by atoms with Crippen LogP contribution in [0, 0.1) is 0 Å². The van der Waals surface area contributed by atoms with Crippen LogP contribution in [0.4, 0.5) is 0 Å². The monoisotopic (exact) mass is 155 g/mol. The molecule has 0 saturated carbocycles. The lowest BCUT2D eigenvalue weighted by Gasteiger charge is -2.19. The molecule has 0 aliphatic rings. The molecule has 0 aliphatic carbocycles. The van der Waals surface area contributed by atoms with Gasteiger partial charge < -0.3 is 5.32 Å². The van der Waals surface area contributed by atoms with Gasteiger partial charge in [-0.05, 0) is 20.4 Å². The fourth-order valence-corrected chi connectivity index (χ4v) is 0.706. The lowest BCUT2D eigenvalue weighted by atomic mass is 10.4. The van der Waals surface area contributed by atoms with Gasteiger partial charge >= 0.3 is 0 Å². The quantitative estimate of drug-likeness (QED) is 0.369. The number of hydrazone groups is 1. The highest BCUT2D eigenvalue weighted by atomic mass is 15.5. The molecule has 0 heterocycles. The van der Waals surface area contributed by atoms with Gasteiger partial charge in [0.15, 0.2) is 0 Å². The zero-order valence-electron chi connectivity index (χ0n) is 7.59. The Balaban J connectivity index is 3.97. The minimum atomic E-state index is 0.719. The van der Waals surface area contributed by atoms with Crippen molar-refractivity contribution in [2.45, 2.75) is 20.3 Å². The Morgan fingerprint density at radius 1 is 1.73 bits per heavy atom. The summed E-state index contributed by atoms with van der Waals surface area (Å²) in [4.78, 5) is 0. The van der Waals surface area contributed by atoms with Crippen LogP contribution in [0.2, 0.25) is 0 Å². The molecule has 0 saturated heterocycles. The molecule has 11 heavy (non-hydrogen) atoms. The average Bonchev–Trinajstić information content (AvgIpc) is 2.03. The summed E-state index contributed by atoms with van der Waals surface area (Å²) >= 11 is 0. The number of nitrogens with one attached hydrogen (secondary N) is 1. The van der Waals surface area contributed by atoms with E-state index in [2.05, 4.69) is 23.9 Å². The summed E-state index contributed by atoms with van der Waals surface area (Å²) in [6.07, 6.45) is 2.69. The fourth-order valence-electron chi connectivity index (χ4n) is 0.706. The van der Waals surface area contributed by atoms with E-state index in [4.69, 9.17) is 0 Å². The van der Waals surface area contributed by atoms with Crippen molar-refractivity contribution < 1.29 is 0 Å². The first-order valence-corrected chi connectivity index (χ1v) is 3.84. The van der Waals surface area contributed by atoms with E-state index < -0.39 is 0 Å². The summed E-state index contributed by atoms with van der Waals surface area (Å²) in [6, 6.07) is 0. The summed E-state index contributed by atoms with van der Waals surface area (Å²) in [5.41, 5.74) is 1.03. The minimum Gasteiger partial charge on any atom is -0.301 e. The van der Waals surface area contributed by atoms with Crippen LogP contribution < -0.4 is 5.32 Å². The van der Waals surface area contributed by atoms with Crippen molar-refractivity contribution in [2.24, 2.45) is 5.10 Å². The predicted molar refractivity (Wildman–Crippen MR) is 49.4 cm³/mol. The lowest BCUT2D eigenvalue weighted by Crippen LogP contribution is -2.26. The van der Waals surface area contributed by atoms with E-state index in [1.165, 1.54) is 0 Å². The zero-order valence-corrected chi connectivity index (χ0v) is 7.59. The van der Waals surface area contributed by atoms with Gasteiger partial charge in [0, 0.05) is 11.9 Å². The van der Waals surface area contributed by atoms with Crippen LogP contribution >= 0.6 is 0 Å². The molecule has 0 unspecified atom stereocenters. The molecule has 0 aromatic rings. The van der Waals surface area contributed by atoms with Crippen molar-refractivity contribution in [1.29, 1.82) is 0 Å². The SMILES string of the molecule is C=C(CC)N(CNC)N=CC. The average molecular weight is 155 g/mol. The molecule has 0 atom stereocenters. The number of rotatable bonds is 5. The molecule has 0 rings (SSSR count). The van der Waals surface area contributed by atoms with Crippen LogP contribution in [0.5, 0.6) is 0 Å². The van der Waals surface area contributed by atoms with E-state index in [1.807, 2.05) is 19.0 Å². The van der Waals surface area contributed by atoms with E-state index in [1.54, 1.807) is 6.21 Å². The van der Waals surface area contributed by atoms with Gasteiger partial charge in [-0.3, -0.25) is 5.01 Å². The normalized spacial score (nSPS) is 10.5. The third-order valence-corrected chi connectivity index (χ3v) is 1.34. The van der Waals surface area contributed by atoms with Crippen molar-refractivity contribution in [2.75, 3.05) is 13.7 Å². The molecule has 0 aromatic heterocycles. The van der Waals surface area contributed by atoms with Gasteiger partial charge in [0.1, 0.15) is 0 Å². The van der Waals surface area contributed by atoms with Crippen molar-refractivity contribution in [3.8, 4) is 0 Å². The van der Waals surface area contributed by atoms with E-state index in [0.717, 1.165) is 18.8 Å². The van der Waals surface area contributed by atoms with Gasteiger partial charge in [0.25, 0.3) is 0 Å². The van der Waals surface area contributed by atoms with Crippen LogP contribution in [0.3, 0.4) is 0 Å². The van der Waals surface area contributed by atoms with E-state index in [0.29, 0.717) is 0 Å². The lowest BCUT2D eigenvalue weighted by molar-refractivity contribution is 0.338. The number of hydrogen-bond donors (Lipinski definition) is 1. The van der Waals surface area contributed by atoms with Crippen molar-refractivity contribution in [1.82, 2.24) is 10.3 Å². The molecular formula is C8H17N3. The Labute approximate surface area is 68.8 Å². The van der Waals surface area contributed by atoms with Crippen LogP contribution in [-0.2, 0) is 0 Å². The van der Waals surface area contributed by atoms with E-state index >= 15 is 0 Å². The first-order valence-electron chi connectivity index (χ1n) is 3.84. The number of hydrogen-bond acceptors (Lipinski definition) is 3. The van der Waals surface area contributed by atoms with Gasteiger partial charge in [-0.1, -0.05) is 13.5 Å². The Bertz CT molecular complexity index is 140. The standard InChI is InChI=1S/C8H17N3/c1-5-8(3)11(7-9-4)10-6-2/h6,9H,3,5,7H2,1-2,4H3. The second-order valence-electron chi connectivity index (χ2n) is 2.20. The maximum Gasteiger partial charge on any atom is 0.0904 e. The summed E-state index contributed by atoms with van der Waals surface area (Å²) in [5, 5.41) is 9.00. The van der Waals surface area contributed by atoms with Gasteiger partial charge in [-0.25, -0.2) is 0 Å². The molecule has 0 aromatic carbocycles. The van der Waals surface area contributed by atoms with Gasteiger partial charge in [0.05, 0.1) is 6.67 Å². The first kappa shape index (κ1) is 10.2. The Morgan fingerprint density at radius 2 is 2.36 bits per heavy atom. The molecule has 0 aliphatic heterocycles. The molecule has 0 amide bonds.